The van der Waals surface area contributed by atoms with E-state index in [4.69, 9.17) is 9.84 Å². The van der Waals surface area contributed by atoms with Gasteiger partial charge in [0.05, 0.1) is 12.2 Å². The Morgan fingerprint density at radius 2 is 2.06 bits per heavy atom. The monoisotopic (exact) mass is 248 g/mol. The Kier molecular flexibility index (Phi) is 4.37. The second-order valence-corrected chi connectivity index (χ2v) is 3.40. The Labute approximate surface area is 95.8 Å². The van der Waals surface area contributed by atoms with Crippen LogP contribution in [-0.4, -0.2) is 23.9 Å². The zero-order valence-electron chi connectivity index (χ0n) is 8.83. The summed E-state index contributed by atoms with van der Waals surface area (Å²) in [5.74, 6) is -0.849. The minimum atomic E-state index is -4.19. The van der Waals surface area contributed by atoms with Crippen LogP contribution in [0.2, 0.25) is 0 Å². The zero-order valence-corrected chi connectivity index (χ0v) is 8.83. The second kappa shape index (κ2) is 5.56. The smallest absolute Gasteiger partial charge is 0.389 e. The van der Waals surface area contributed by atoms with Crippen molar-refractivity contribution >= 4 is 5.97 Å². The van der Waals surface area contributed by atoms with Crippen molar-refractivity contribution in [1.29, 1.82) is 0 Å². The number of rotatable bonds is 5. The fourth-order valence-corrected chi connectivity index (χ4v) is 1.18. The van der Waals surface area contributed by atoms with Crippen LogP contribution in [0.25, 0.3) is 0 Å². The highest BCUT2D eigenvalue weighted by Crippen LogP contribution is 2.21. The average molecular weight is 248 g/mol. The van der Waals surface area contributed by atoms with Crippen LogP contribution in [0, 0.1) is 0 Å². The maximum Gasteiger partial charge on any atom is 0.389 e. The van der Waals surface area contributed by atoms with E-state index in [2.05, 4.69) is 0 Å². The first kappa shape index (κ1) is 13.3. The van der Waals surface area contributed by atoms with Crippen molar-refractivity contribution in [2.24, 2.45) is 0 Å². The van der Waals surface area contributed by atoms with Crippen LogP contribution in [0.1, 0.15) is 23.2 Å². The van der Waals surface area contributed by atoms with E-state index in [0.717, 1.165) is 0 Å². The maximum absolute atomic E-state index is 11.8. The van der Waals surface area contributed by atoms with Crippen molar-refractivity contribution in [3.8, 4) is 5.75 Å². The Balaban J connectivity index is 2.42. The minimum absolute atomic E-state index is 0.0401. The lowest BCUT2D eigenvalue weighted by Gasteiger charge is -2.08. The number of alkyl halides is 3. The number of carboxylic acid groups (broad SMARTS) is 1. The number of halogens is 3. The molecule has 0 fully saturated rings. The molecular weight excluding hydrogens is 237 g/mol. The van der Waals surface area contributed by atoms with Crippen molar-refractivity contribution in [2.75, 3.05) is 6.61 Å². The van der Waals surface area contributed by atoms with Crippen molar-refractivity contribution in [3.05, 3.63) is 29.8 Å². The Bertz CT molecular complexity index is 388. The SMILES string of the molecule is O=C(O)c1cccc(OCCCC(F)(F)F)c1. The zero-order chi connectivity index (χ0) is 12.9. The molecule has 0 radical (unpaired) electrons. The van der Waals surface area contributed by atoms with Gasteiger partial charge in [-0.3, -0.25) is 0 Å². The molecule has 0 aliphatic heterocycles. The summed E-state index contributed by atoms with van der Waals surface area (Å²) in [6, 6.07) is 5.63. The largest absolute Gasteiger partial charge is 0.494 e. The molecule has 1 N–H and O–H groups in total. The molecule has 1 aromatic carbocycles. The molecular formula is C11H11F3O3. The Hall–Kier alpha value is -1.72. The van der Waals surface area contributed by atoms with E-state index >= 15 is 0 Å². The van der Waals surface area contributed by atoms with Gasteiger partial charge in [-0.05, 0) is 24.6 Å². The number of hydrogen-bond acceptors (Lipinski definition) is 2. The van der Waals surface area contributed by atoms with Gasteiger partial charge in [-0.2, -0.15) is 13.2 Å². The molecule has 0 unspecified atom stereocenters. The van der Waals surface area contributed by atoms with Gasteiger partial charge in [0, 0.05) is 6.42 Å². The highest BCUT2D eigenvalue weighted by atomic mass is 19.4. The Morgan fingerprint density at radius 1 is 1.35 bits per heavy atom. The fourth-order valence-electron chi connectivity index (χ4n) is 1.18. The lowest BCUT2D eigenvalue weighted by atomic mass is 10.2. The molecule has 17 heavy (non-hydrogen) atoms. The van der Waals surface area contributed by atoms with E-state index in [1.807, 2.05) is 0 Å². The summed E-state index contributed by atoms with van der Waals surface area (Å²) in [5.41, 5.74) is 0.0401. The van der Waals surface area contributed by atoms with Crippen molar-refractivity contribution in [3.63, 3.8) is 0 Å². The number of hydrogen-bond donors (Lipinski definition) is 1. The van der Waals surface area contributed by atoms with Crippen LogP contribution < -0.4 is 4.74 Å². The van der Waals surface area contributed by atoms with Crippen molar-refractivity contribution in [1.82, 2.24) is 0 Å². The number of carboxylic acids is 1. The third-order valence-electron chi connectivity index (χ3n) is 1.95. The van der Waals surface area contributed by atoms with E-state index in [9.17, 15) is 18.0 Å². The number of benzene rings is 1. The molecule has 0 atom stereocenters. The van der Waals surface area contributed by atoms with Crippen LogP contribution >= 0.6 is 0 Å². The summed E-state index contributed by atoms with van der Waals surface area (Å²) in [7, 11) is 0. The molecule has 0 saturated carbocycles. The molecule has 0 aliphatic carbocycles. The predicted octanol–water partition coefficient (Wildman–Crippen LogP) is 3.11. The summed E-state index contributed by atoms with van der Waals surface area (Å²) in [4.78, 5) is 10.6. The van der Waals surface area contributed by atoms with Crippen LogP contribution in [-0.2, 0) is 0 Å². The van der Waals surface area contributed by atoms with Gasteiger partial charge in [-0.1, -0.05) is 6.07 Å². The molecule has 3 nitrogen and oxygen atoms in total. The molecule has 0 aromatic heterocycles. The van der Waals surface area contributed by atoms with Gasteiger partial charge in [0.25, 0.3) is 0 Å². The minimum Gasteiger partial charge on any atom is -0.494 e. The molecule has 1 aromatic rings. The van der Waals surface area contributed by atoms with E-state index in [-0.39, 0.29) is 24.3 Å². The summed E-state index contributed by atoms with van der Waals surface area (Å²) in [6.07, 6.45) is -5.25. The number of ether oxygens (including phenoxy) is 1. The maximum atomic E-state index is 11.8. The van der Waals surface area contributed by atoms with Crippen LogP contribution in [0.15, 0.2) is 24.3 Å². The third-order valence-corrected chi connectivity index (χ3v) is 1.95. The highest BCUT2D eigenvalue weighted by Gasteiger charge is 2.26. The predicted molar refractivity (Wildman–Crippen MR) is 54.2 cm³/mol. The Morgan fingerprint density at radius 3 is 2.65 bits per heavy atom. The van der Waals surface area contributed by atoms with Crippen molar-refractivity contribution in [2.45, 2.75) is 19.0 Å². The molecule has 0 saturated heterocycles. The topological polar surface area (TPSA) is 46.5 Å². The fraction of sp³-hybridized carbons (Fsp3) is 0.364. The van der Waals surface area contributed by atoms with Gasteiger partial charge in [-0.15, -0.1) is 0 Å². The lowest BCUT2D eigenvalue weighted by molar-refractivity contribution is -0.136. The van der Waals surface area contributed by atoms with E-state index < -0.39 is 18.6 Å². The normalized spacial score (nSPS) is 11.2. The van der Waals surface area contributed by atoms with E-state index in [1.54, 1.807) is 0 Å². The first-order valence-electron chi connectivity index (χ1n) is 4.91. The summed E-state index contributed by atoms with van der Waals surface area (Å²) in [6.45, 7) is -0.0947. The molecule has 0 spiro atoms. The van der Waals surface area contributed by atoms with Crippen LogP contribution in [0.5, 0.6) is 5.75 Å². The molecule has 0 aliphatic rings. The quantitative estimate of drug-likeness (QED) is 0.814. The second-order valence-electron chi connectivity index (χ2n) is 3.40. The van der Waals surface area contributed by atoms with Gasteiger partial charge in [-0.25, -0.2) is 4.79 Å². The van der Waals surface area contributed by atoms with Gasteiger partial charge in [0.1, 0.15) is 5.75 Å². The standard InChI is InChI=1S/C11H11F3O3/c12-11(13,14)5-2-6-17-9-4-1-3-8(7-9)10(15)16/h1,3-4,7H,2,5-6H2,(H,15,16). The molecule has 6 heteroatoms. The van der Waals surface area contributed by atoms with Gasteiger partial charge in [0.15, 0.2) is 0 Å². The van der Waals surface area contributed by atoms with E-state index in [1.165, 1.54) is 24.3 Å². The molecule has 1 rings (SSSR count). The molecule has 0 amide bonds. The van der Waals surface area contributed by atoms with Crippen LogP contribution in [0.4, 0.5) is 13.2 Å². The summed E-state index contributed by atoms with van der Waals surface area (Å²) in [5, 5.41) is 8.68. The molecule has 0 heterocycles. The summed E-state index contributed by atoms with van der Waals surface area (Å²) >= 11 is 0. The lowest BCUT2D eigenvalue weighted by Crippen LogP contribution is -2.09. The first-order valence-corrected chi connectivity index (χ1v) is 4.91. The van der Waals surface area contributed by atoms with Gasteiger partial charge >= 0.3 is 12.1 Å². The van der Waals surface area contributed by atoms with Gasteiger partial charge < -0.3 is 9.84 Å². The first-order chi connectivity index (χ1) is 7.88. The number of carbonyl (C=O) groups is 1. The van der Waals surface area contributed by atoms with Crippen molar-refractivity contribution < 1.29 is 27.8 Å². The van der Waals surface area contributed by atoms with Crippen LogP contribution in [0.3, 0.4) is 0 Å². The average Bonchev–Trinajstić information content (AvgIpc) is 2.23. The third kappa shape index (κ3) is 5.24. The number of aromatic carboxylic acids is 1. The molecule has 0 bridgehead atoms. The van der Waals surface area contributed by atoms with E-state index in [0.29, 0.717) is 0 Å². The highest BCUT2D eigenvalue weighted by molar-refractivity contribution is 5.87. The van der Waals surface area contributed by atoms with Gasteiger partial charge in [0.2, 0.25) is 0 Å². The summed E-state index contributed by atoms with van der Waals surface area (Å²) < 4.78 is 40.5. The molecule has 94 valence electrons.